The van der Waals surface area contributed by atoms with Crippen molar-refractivity contribution in [1.82, 2.24) is 10.2 Å². The van der Waals surface area contributed by atoms with Crippen LogP contribution in [0.25, 0.3) is 0 Å². The van der Waals surface area contributed by atoms with Crippen molar-refractivity contribution >= 4 is 0 Å². The molecule has 0 aliphatic rings. The van der Waals surface area contributed by atoms with Crippen molar-refractivity contribution in [3.8, 4) is 0 Å². The average molecular weight is 301 g/mol. The van der Waals surface area contributed by atoms with E-state index in [2.05, 4.69) is 24.2 Å². The van der Waals surface area contributed by atoms with Crippen LogP contribution < -0.4 is 5.32 Å². The number of nitrogens with zero attached hydrogens (tertiary/aromatic N) is 1. The topological polar surface area (TPSA) is 24.5 Å². The number of nitrogens with one attached hydrogen (secondary N) is 1. The highest BCUT2D eigenvalue weighted by atomic mass is 16.5. The largest absolute Gasteiger partial charge is 0.383 e. The Morgan fingerprint density at radius 3 is 1.90 bits per heavy atom. The van der Waals surface area contributed by atoms with E-state index >= 15 is 0 Å². The number of hydrogen-bond acceptors (Lipinski definition) is 3. The van der Waals surface area contributed by atoms with Crippen molar-refractivity contribution < 1.29 is 4.74 Å². The number of unbranched alkanes of at least 4 members (excludes halogenated alkanes) is 9. The van der Waals surface area contributed by atoms with Gasteiger partial charge in [-0.1, -0.05) is 64.7 Å². The first kappa shape index (κ1) is 20.9. The maximum atomic E-state index is 5.07. The molecule has 0 bridgehead atoms. The monoisotopic (exact) mass is 300 g/mol. The van der Waals surface area contributed by atoms with Crippen molar-refractivity contribution in [1.29, 1.82) is 0 Å². The van der Waals surface area contributed by atoms with Crippen LogP contribution in [0, 0.1) is 0 Å². The number of rotatable bonds is 17. The quantitative estimate of drug-likeness (QED) is 0.410. The molecule has 0 aromatic heterocycles. The number of likely N-dealkylation sites (N-methyl/N-ethyl adjacent to an activating group) is 1. The van der Waals surface area contributed by atoms with E-state index in [-0.39, 0.29) is 0 Å². The van der Waals surface area contributed by atoms with Crippen LogP contribution in [0.5, 0.6) is 0 Å². The lowest BCUT2D eigenvalue weighted by molar-refractivity contribution is 0.161. The molecule has 0 aromatic carbocycles. The second-order valence-electron chi connectivity index (χ2n) is 6.23. The zero-order valence-electron chi connectivity index (χ0n) is 15.0. The smallest absolute Gasteiger partial charge is 0.0589 e. The minimum Gasteiger partial charge on any atom is -0.383 e. The molecule has 3 heteroatoms. The highest BCUT2D eigenvalue weighted by molar-refractivity contribution is 4.55. The van der Waals surface area contributed by atoms with Crippen LogP contribution in [0.2, 0.25) is 0 Å². The predicted molar refractivity (Wildman–Crippen MR) is 94.1 cm³/mol. The van der Waals surface area contributed by atoms with Gasteiger partial charge in [-0.3, -0.25) is 0 Å². The number of ether oxygens (including phenoxy) is 1. The molecule has 0 aliphatic carbocycles. The molecule has 0 unspecified atom stereocenters. The maximum Gasteiger partial charge on any atom is 0.0589 e. The Kier molecular flexibility index (Phi) is 17.8. The van der Waals surface area contributed by atoms with Crippen LogP contribution in [0.1, 0.15) is 71.1 Å². The van der Waals surface area contributed by atoms with Crippen molar-refractivity contribution in [2.24, 2.45) is 0 Å². The fourth-order valence-electron chi connectivity index (χ4n) is 2.49. The van der Waals surface area contributed by atoms with Crippen molar-refractivity contribution in [3.05, 3.63) is 0 Å². The molecule has 3 nitrogen and oxygen atoms in total. The molecule has 0 atom stereocenters. The summed E-state index contributed by atoms with van der Waals surface area (Å²) < 4.78 is 5.07. The third-order valence-electron chi connectivity index (χ3n) is 4.05. The minimum absolute atomic E-state index is 0.828. The Balaban J connectivity index is 3.02. The first-order valence-corrected chi connectivity index (χ1v) is 9.19. The first-order valence-electron chi connectivity index (χ1n) is 9.19. The van der Waals surface area contributed by atoms with Gasteiger partial charge in [0.25, 0.3) is 0 Å². The van der Waals surface area contributed by atoms with E-state index in [0.29, 0.717) is 0 Å². The Labute approximate surface area is 133 Å². The van der Waals surface area contributed by atoms with Gasteiger partial charge in [0.1, 0.15) is 0 Å². The first-order chi connectivity index (χ1) is 10.3. The van der Waals surface area contributed by atoms with Crippen LogP contribution in [0.4, 0.5) is 0 Å². The van der Waals surface area contributed by atoms with E-state index in [4.69, 9.17) is 4.74 Å². The predicted octanol–water partition coefficient (Wildman–Crippen LogP) is 4.08. The Morgan fingerprint density at radius 2 is 1.33 bits per heavy atom. The summed E-state index contributed by atoms with van der Waals surface area (Å²) in [5.74, 6) is 0. The van der Waals surface area contributed by atoms with Crippen molar-refractivity contribution in [2.75, 3.05) is 46.9 Å². The minimum atomic E-state index is 0.828. The third-order valence-corrected chi connectivity index (χ3v) is 4.05. The summed E-state index contributed by atoms with van der Waals surface area (Å²) in [7, 11) is 3.92. The number of methoxy groups -OCH3 is 1. The van der Waals surface area contributed by atoms with Crippen molar-refractivity contribution in [2.45, 2.75) is 71.1 Å². The SMILES string of the molecule is CCCCCCCCCCCCNCCN(C)CCOC. The molecular formula is C18H40N2O. The van der Waals surface area contributed by atoms with Crippen LogP contribution in [0.3, 0.4) is 0 Å². The van der Waals surface area contributed by atoms with Gasteiger partial charge in [0.05, 0.1) is 6.61 Å². The van der Waals surface area contributed by atoms with Crippen LogP contribution in [-0.4, -0.2) is 51.8 Å². The lowest BCUT2D eigenvalue weighted by Gasteiger charge is -2.16. The summed E-state index contributed by atoms with van der Waals surface area (Å²) in [4.78, 5) is 2.31. The molecule has 0 rings (SSSR count). The average Bonchev–Trinajstić information content (AvgIpc) is 2.49. The Bertz CT molecular complexity index is 188. The molecule has 0 saturated carbocycles. The fourth-order valence-corrected chi connectivity index (χ4v) is 2.49. The molecule has 0 aromatic rings. The van der Waals surface area contributed by atoms with Crippen LogP contribution in [0.15, 0.2) is 0 Å². The lowest BCUT2D eigenvalue weighted by Crippen LogP contribution is -2.31. The molecule has 0 saturated heterocycles. The molecule has 0 heterocycles. The van der Waals surface area contributed by atoms with Gasteiger partial charge in [-0.05, 0) is 20.0 Å². The van der Waals surface area contributed by atoms with Gasteiger partial charge in [-0.25, -0.2) is 0 Å². The molecule has 0 radical (unpaired) electrons. The van der Waals surface area contributed by atoms with Crippen molar-refractivity contribution in [3.63, 3.8) is 0 Å². The molecular weight excluding hydrogens is 260 g/mol. The highest BCUT2D eigenvalue weighted by Crippen LogP contribution is 2.10. The van der Waals surface area contributed by atoms with Gasteiger partial charge < -0.3 is 15.0 Å². The Morgan fingerprint density at radius 1 is 0.762 bits per heavy atom. The standard InChI is InChI=1S/C18H40N2O/c1-4-5-6-7-8-9-10-11-12-13-14-19-15-16-20(2)17-18-21-3/h19H,4-18H2,1-3H3. The number of hydrogen-bond donors (Lipinski definition) is 1. The summed E-state index contributed by atoms with van der Waals surface area (Å²) in [6, 6.07) is 0. The molecule has 21 heavy (non-hydrogen) atoms. The van der Waals surface area contributed by atoms with E-state index in [1.807, 2.05) is 0 Å². The third kappa shape index (κ3) is 17.8. The molecule has 0 spiro atoms. The second kappa shape index (κ2) is 17.9. The zero-order valence-corrected chi connectivity index (χ0v) is 15.0. The molecule has 1 N–H and O–H groups in total. The van der Waals surface area contributed by atoms with Crippen LogP contribution in [-0.2, 0) is 4.74 Å². The van der Waals surface area contributed by atoms with Gasteiger partial charge in [-0.2, -0.15) is 0 Å². The van der Waals surface area contributed by atoms with E-state index in [0.717, 1.165) is 26.2 Å². The van der Waals surface area contributed by atoms with Gasteiger partial charge in [0, 0.05) is 26.7 Å². The Hall–Kier alpha value is -0.120. The normalized spacial score (nSPS) is 11.4. The molecule has 128 valence electrons. The van der Waals surface area contributed by atoms with E-state index in [9.17, 15) is 0 Å². The molecule has 0 fully saturated rings. The van der Waals surface area contributed by atoms with E-state index in [1.54, 1.807) is 7.11 Å². The van der Waals surface area contributed by atoms with Crippen LogP contribution >= 0.6 is 0 Å². The van der Waals surface area contributed by atoms with E-state index in [1.165, 1.54) is 70.8 Å². The fraction of sp³-hybridized carbons (Fsp3) is 1.00. The summed E-state index contributed by atoms with van der Waals surface area (Å²) in [5.41, 5.74) is 0. The summed E-state index contributed by atoms with van der Waals surface area (Å²) in [5, 5.41) is 3.54. The maximum absolute atomic E-state index is 5.07. The summed E-state index contributed by atoms with van der Waals surface area (Å²) in [6.07, 6.45) is 14.1. The highest BCUT2D eigenvalue weighted by Gasteiger charge is 1.97. The van der Waals surface area contributed by atoms with Gasteiger partial charge in [0.2, 0.25) is 0 Å². The lowest BCUT2D eigenvalue weighted by atomic mass is 10.1. The van der Waals surface area contributed by atoms with Gasteiger partial charge >= 0.3 is 0 Å². The molecule has 0 aliphatic heterocycles. The second-order valence-corrected chi connectivity index (χ2v) is 6.23. The summed E-state index contributed by atoms with van der Waals surface area (Å²) in [6.45, 7) is 7.52. The molecule has 0 amide bonds. The van der Waals surface area contributed by atoms with E-state index < -0.39 is 0 Å². The van der Waals surface area contributed by atoms with Gasteiger partial charge in [0.15, 0.2) is 0 Å². The van der Waals surface area contributed by atoms with Gasteiger partial charge in [-0.15, -0.1) is 0 Å². The zero-order chi connectivity index (χ0) is 15.6. The summed E-state index contributed by atoms with van der Waals surface area (Å²) >= 11 is 0.